The summed E-state index contributed by atoms with van der Waals surface area (Å²) in [5.74, 6) is -1.13. The quantitative estimate of drug-likeness (QED) is 0.466. The Hall–Kier alpha value is -2.22. The molecule has 0 radical (unpaired) electrons. The lowest BCUT2D eigenvalue weighted by molar-refractivity contribution is -0.385. The Labute approximate surface area is 126 Å². The summed E-state index contributed by atoms with van der Waals surface area (Å²) in [6.45, 7) is 3.86. The van der Waals surface area contributed by atoms with Crippen molar-refractivity contribution in [1.29, 1.82) is 0 Å². The highest BCUT2D eigenvalue weighted by molar-refractivity contribution is 6.32. The van der Waals surface area contributed by atoms with Crippen LogP contribution in [-0.4, -0.2) is 34.3 Å². The van der Waals surface area contributed by atoms with Crippen molar-refractivity contribution >= 4 is 29.1 Å². The summed E-state index contributed by atoms with van der Waals surface area (Å²) in [5.41, 5.74) is -0.826. The van der Waals surface area contributed by atoms with Gasteiger partial charge in [-0.1, -0.05) is 18.5 Å². The van der Waals surface area contributed by atoms with E-state index in [4.69, 9.17) is 11.6 Å². The van der Waals surface area contributed by atoms with Crippen LogP contribution < -0.4 is 10.6 Å². The number of nitrogens with zero attached hydrogens (tertiary/aromatic N) is 2. The summed E-state index contributed by atoms with van der Waals surface area (Å²) in [6.07, 6.45) is 1.95. The smallest absolute Gasteiger partial charge is 0.319 e. The van der Waals surface area contributed by atoms with Gasteiger partial charge in [0.05, 0.1) is 4.92 Å². The molecule has 1 atom stereocenters. The van der Waals surface area contributed by atoms with E-state index in [0.717, 1.165) is 6.42 Å². The van der Waals surface area contributed by atoms with Crippen molar-refractivity contribution in [2.45, 2.75) is 26.3 Å². The molecule has 2 N–H and O–H groups in total. The normalized spacial score (nSPS) is 11.6. The number of hydrogen-bond acceptors (Lipinski definition) is 5. The van der Waals surface area contributed by atoms with Crippen LogP contribution in [0.25, 0.3) is 0 Å². The summed E-state index contributed by atoms with van der Waals surface area (Å²) < 4.78 is 0. The second kappa shape index (κ2) is 7.53. The summed E-state index contributed by atoms with van der Waals surface area (Å²) in [6, 6.07) is 0.353. The largest absolute Gasteiger partial charge is 0.354 e. The van der Waals surface area contributed by atoms with E-state index in [2.05, 4.69) is 15.6 Å². The van der Waals surface area contributed by atoms with Crippen LogP contribution in [0.2, 0.25) is 5.15 Å². The minimum absolute atomic E-state index is 0.241. The fraction of sp³-hybridized carbons (Fsp3) is 0.417. The van der Waals surface area contributed by atoms with Crippen molar-refractivity contribution in [3.05, 3.63) is 33.1 Å². The van der Waals surface area contributed by atoms with Crippen molar-refractivity contribution in [2.24, 2.45) is 0 Å². The van der Waals surface area contributed by atoms with Crippen molar-refractivity contribution in [3.8, 4) is 0 Å². The Kier molecular flexibility index (Phi) is 6.04. The number of nitro groups is 1. The predicted molar refractivity (Wildman–Crippen MR) is 76.1 cm³/mol. The Bertz CT molecular complexity index is 564. The van der Waals surface area contributed by atoms with Crippen LogP contribution in [0.1, 0.15) is 30.6 Å². The van der Waals surface area contributed by atoms with Crippen molar-refractivity contribution in [1.82, 2.24) is 15.6 Å². The number of carbonyl (C=O) groups excluding carboxylic acids is 2. The molecule has 0 saturated heterocycles. The van der Waals surface area contributed by atoms with Crippen molar-refractivity contribution in [3.63, 3.8) is 0 Å². The molecular formula is C12H15ClN4O4. The summed E-state index contributed by atoms with van der Waals surface area (Å²) >= 11 is 5.62. The molecule has 1 unspecified atom stereocenters. The van der Waals surface area contributed by atoms with Gasteiger partial charge in [0.1, 0.15) is 11.6 Å². The first-order valence-corrected chi connectivity index (χ1v) is 6.63. The second-order valence-electron chi connectivity index (χ2n) is 4.24. The molecule has 0 aliphatic rings. The minimum atomic E-state index is -0.824. The van der Waals surface area contributed by atoms with Crippen molar-refractivity contribution in [2.75, 3.05) is 6.54 Å². The number of carbonyl (C=O) groups is 2. The third kappa shape index (κ3) is 4.38. The monoisotopic (exact) mass is 314 g/mol. The van der Waals surface area contributed by atoms with E-state index in [1.54, 1.807) is 0 Å². The maximum absolute atomic E-state index is 12.0. The van der Waals surface area contributed by atoms with Gasteiger partial charge in [-0.2, -0.15) is 0 Å². The average molecular weight is 315 g/mol. The SMILES string of the molecule is CCCNC(=O)C(C)NC(=O)c1ccnc(Cl)c1[N+](=O)[O-]. The minimum Gasteiger partial charge on any atom is -0.354 e. The van der Waals surface area contributed by atoms with Gasteiger partial charge in [-0.05, 0) is 19.4 Å². The first kappa shape index (κ1) is 16.8. The van der Waals surface area contributed by atoms with Gasteiger partial charge < -0.3 is 10.6 Å². The van der Waals surface area contributed by atoms with Gasteiger partial charge in [-0.25, -0.2) is 4.98 Å². The molecule has 8 nitrogen and oxygen atoms in total. The fourth-order valence-electron chi connectivity index (χ4n) is 1.53. The number of halogens is 1. The van der Waals surface area contributed by atoms with Crippen LogP contribution in [0.15, 0.2) is 12.3 Å². The topological polar surface area (TPSA) is 114 Å². The van der Waals surface area contributed by atoms with Crippen LogP contribution in [0.4, 0.5) is 5.69 Å². The highest BCUT2D eigenvalue weighted by Gasteiger charge is 2.26. The van der Waals surface area contributed by atoms with E-state index >= 15 is 0 Å². The molecular weight excluding hydrogens is 300 g/mol. The van der Waals surface area contributed by atoms with E-state index in [-0.39, 0.29) is 16.6 Å². The number of hydrogen-bond donors (Lipinski definition) is 2. The summed E-state index contributed by atoms with van der Waals surface area (Å²) in [7, 11) is 0. The first-order chi connectivity index (χ1) is 9.88. The van der Waals surface area contributed by atoms with E-state index in [1.165, 1.54) is 19.2 Å². The molecule has 0 aromatic carbocycles. The lowest BCUT2D eigenvalue weighted by atomic mass is 10.2. The van der Waals surface area contributed by atoms with Gasteiger partial charge in [-0.15, -0.1) is 0 Å². The number of nitrogens with one attached hydrogen (secondary N) is 2. The van der Waals surface area contributed by atoms with Gasteiger partial charge in [0.25, 0.3) is 5.91 Å². The zero-order chi connectivity index (χ0) is 16.0. The van der Waals surface area contributed by atoms with Gasteiger partial charge in [0, 0.05) is 12.7 Å². The van der Waals surface area contributed by atoms with Gasteiger partial charge in [0.2, 0.25) is 11.1 Å². The maximum Gasteiger partial charge on any atom is 0.319 e. The molecule has 0 saturated carbocycles. The lowest BCUT2D eigenvalue weighted by Crippen LogP contribution is -2.45. The zero-order valence-electron chi connectivity index (χ0n) is 11.6. The Balaban J connectivity index is 2.88. The molecule has 1 heterocycles. The van der Waals surface area contributed by atoms with E-state index in [1.807, 2.05) is 6.92 Å². The fourth-order valence-corrected chi connectivity index (χ4v) is 1.75. The van der Waals surface area contributed by atoms with Crippen LogP contribution in [-0.2, 0) is 4.79 Å². The molecule has 0 aliphatic heterocycles. The van der Waals surface area contributed by atoms with E-state index in [9.17, 15) is 19.7 Å². The predicted octanol–water partition coefficient (Wildman–Crippen LogP) is 1.29. The van der Waals surface area contributed by atoms with Crippen LogP contribution in [0.5, 0.6) is 0 Å². The molecule has 1 aromatic rings. The van der Waals surface area contributed by atoms with Gasteiger partial charge in [-0.3, -0.25) is 19.7 Å². The molecule has 21 heavy (non-hydrogen) atoms. The van der Waals surface area contributed by atoms with Gasteiger partial charge >= 0.3 is 5.69 Å². The molecule has 0 spiro atoms. The molecule has 114 valence electrons. The molecule has 1 rings (SSSR count). The van der Waals surface area contributed by atoms with E-state index < -0.39 is 22.6 Å². The lowest BCUT2D eigenvalue weighted by Gasteiger charge is -2.13. The maximum atomic E-state index is 12.0. The number of pyridine rings is 1. The van der Waals surface area contributed by atoms with Gasteiger partial charge in [0.15, 0.2) is 0 Å². The average Bonchev–Trinajstić information content (AvgIpc) is 2.43. The molecule has 2 amide bonds. The Morgan fingerprint density at radius 1 is 1.52 bits per heavy atom. The van der Waals surface area contributed by atoms with Crippen LogP contribution >= 0.6 is 11.6 Å². The Morgan fingerprint density at radius 2 is 2.19 bits per heavy atom. The second-order valence-corrected chi connectivity index (χ2v) is 4.60. The van der Waals surface area contributed by atoms with Crippen molar-refractivity contribution < 1.29 is 14.5 Å². The molecule has 9 heteroatoms. The highest BCUT2D eigenvalue weighted by Crippen LogP contribution is 2.25. The molecule has 0 fully saturated rings. The summed E-state index contributed by atoms with van der Waals surface area (Å²) in [5, 5.41) is 15.5. The third-order valence-electron chi connectivity index (χ3n) is 2.60. The standard InChI is InChI=1S/C12H15ClN4O4/c1-3-5-15-11(18)7(2)16-12(19)8-4-6-14-10(13)9(8)17(20)21/h4,6-7H,3,5H2,1-2H3,(H,15,18)(H,16,19). The highest BCUT2D eigenvalue weighted by atomic mass is 35.5. The molecule has 0 bridgehead atoms. The number of rotatable bonds is 6. The third-order valence-corrected chi connectivity index (χ3v) is 2.87. The van der Waals surface area contributed by atoms with E-state index in [0.29, 0.717) is 6.54 Å². The van der Waals surface area contributed by atoms with Crippen LogP contribution in [0, 0.1) is 10.1 Å². The first-order valence-electron chi connectivity index (χ1n) is 6.26. The molecule has 0 aliphatic carbocycles. The number of aromatic nitrogens is 1. The Morgan fingerprint density at radius 3 is 2.76 bits per heavy atom. The summed E-state index contributed by atoms with van der Waals surface area (Å²) in [4.78, 5) is 37.4. The molecule has 1 aromatic heterocycles. The number of amides is 2. The zero-order valence-corrected chi connectivity index (χ0v) is 12.3. The van der Waals surface area contributed by atoms with Crippen LogP contribution in [0.3, 0.4) is 0 Å².